The second kappa shape index (κ2) is 15.0. The predicted molar refractivity (Wildman–Crippen MR) is 206 cm³/mol. The minimum atomic E-state index is 0.00733. The highest BCUT2D eigenvalue weighted by atomic mass is 35.5. The molecule has 0 saturated heterocycles. The molecule has 0 spiro atoms. The molecular formula is C36H31Cl3O2S4. The van der Waals surface area contributed by atoms with Crippen molar-refractivity contribution in [2.24, 2.45) is 0 Å². The van der Waals surface area contributed by atoms with Crippen molar-refractivity contribution in [1.82, 2.24) is 0 Å². The van der Waals surface area contributed by atoms with Gasteiger partial charge in [0.1, 0.15) is 0 Å². The van der Waals surface area contributed by atoms with E-state index in [4.69, 9.17) is 34.8 Å². The van der Waals surface area contributed by atoms with E-state index < -0.39 is 0 Å². The van der Waals surface area contributed by atoms with E-state index in [1.54, 1.807) is 23.5 Å². The van der Waals surface area contributed by atoms with Crippen LogP contribution in [-0.4, -0.2) is 10.5 Å². The van der Waals surface area contributed by atoms with Crippen molar-refractivity contribution in [1.29, 1.82) is 0 Å². The Balaban J connectivity index is 0.000000137. The van der Waals surface area contributed by atoms with Crippen molar-refractivity contribution in [2.75, 3.05) is 0 Å². The molecule has 8 rings (SSSR count). The van der Waals surface area contributed by atoms with E-state index in [0.29, 0.717) is 20.7 Å². The first-order chi connectivity index (χ1) is 21.8. The first-order valence-corrected chi connectivity index (χ1v) is 19.3. The highest BCUT2D eigenvalue weighted by Gasteiger charge is 2.19. The number of halogens is 3. The third kappa shape index (κ3) is 7.38. The molecule has 4 aromatic carbocycles. The van der Waals surface area contributed by atoms with Crippen LogP contribution in [0.25, 0.3) is 40.3 Å². The normalized spacial score (nSPS) is 15.4. The largest absolute Gasteiger partial charge is 0.289 e. The van der Waals surface area contributed by atoms with Gasteiger partial charge in [-0.1, -0.05) is 84.8 Å². The van der Waals surface area contributed by atoms with Crippen LogP contribution >= 0.6 is 81.9 Å². The fraction of sp³-hybridized carbons (Fsp3) is 0.278. The Kier molecular flexibility index (Phi) is 11.0. The van der Waals surface area contributed by atoms with Gasteiger partial charge in [0.15, 0.2) is 10.9 Å². The smallest absolute Gasteiger partial charge is 0.195 e. The van der Waals surface area contributed by atoms with E-state index in [9.17, 15) is 9.59 Å². The molecule has 232 valence electrons. The molecule has 2 nitrogen and oxygen atoms in total. The molecule has 0 bridgehead atoms. The highest BCUT2D eigenvalue weighted by Crippen LogP contribution is 2.42. The van der Waals surface area contributed by atoms with E-state index in [1.807, 2.05) is 72.4 Å². The third-order valence-electron chi connectivity index (χ3n) is 8.21. The summed E-state index contributed by atoms with van der Waals surface area (Å²) >= 11 is 28.0. The number of thiol groups is 1. The predicted octanol–water partition coefficient (Wildman–Crippen LogP) is 12.7. The van der Waals surface area contributed by atoms with Gasteiger partial charge in [-0.2, -0.15) is 12.6 Å². The molecule has 0 N–H and O–H groups in total. The van der Waals surface area contributed by atoms with Crippen molar-refractivity contribution < 1.29 is 0 Å². The summed E-state index contributed by atoms with van der Waals surface area (Å²) in [5.41, 5.74) is 0.0941. The average molecular weight is 730 g/mol. The first kappa shape index (κ1) is 33.1. The molecule has 9 heteroatoms. The fourth-order valence-corrected chi connectivity index (χ4v) is 10.6. The first-order valence-electron chi connectivity index (χ1n) is 15.1. The van der Waals surface area contributed by atoms with Crippen molar-refractivity contribution >= 4 is 122 Å². The van der Waals surface area contributed by atoms with Gasteiger partial charge in [0, 0.05) is 46.3 Å². The molecule has 45 heavy (non-hydrogen) atoms. The molecule has 2 aliphatic rings. The lowest BCUT2D eigenvalue weighted by molar-refractivity contribution is 0.886. The molecule has 2 saturated carbocycles. The van der Waals surface area contributed by atoms with Gasteiger partial charge in [0.25, 0.3) is 0 Å². The monoisotopic (exact) mass is 728 g/mol. The topological polar surface area (TPSA) is 34.1 Å². The Labute approximate surface area is 295 Å². The summed E-state index contributed by atoms with van der Waals surface area (Å²) < 4.78 is 3.61. The van der Waals surface area contributed by atoms with E-state index in [-0.39, 0.29) is 10.9 Å². The summed E-state index contributed by atoms with van der Waals surface area (Å²) in [4.78, 5) is 26.0. The molecule has 6 aromatic rings. The fourth-order valence-electron chi connectivity index (χ4n) is 5.80. The van der Waals surface area contributed by atoms with Gasteiger partial charge in [0.2, 0.25) is 0 Å². The number of thioether (sulfide) groups is 1. The van der Waals surface area contributed by atoms with E-state index in [2.05, 4.69) is 12.6 Å². The van der Waals surface area contributed by atoms with Crippen LogP contribution in [0.2, 0.25) is 15.1 Å². The molecule has 0 radical (unpaired) electrons. The van der Waals surface area contributed by atoms with Gasteiger partial charge >= 0.3 is 0 Å². The highest BCUT2D eigenvalue weighted by molar-refractivity contribution is 8.00. The molecule has 2 aliphatic carbocycles. The Hall–Kier alpha value is -1.77. The number of benzene rings is 4. The molecular weight excluding hydrogens is 699 g/mol. The number of rotatable bonds is 2. The lowest BCUT2D eigenvalue weighted by Gasteiger charge is -2.12. The van der Waals surface area contributed by atoms with Crippen LogP contribution in [0, 0.1) is 0 Å². The summed E-state index contributed by atoms with van der Waals surface area (Å²) in [5, 5.41) is 5.98. The van der Waals surface area contributed by atoms with Crippen molar-refractivity contribution in [3.05, 3.63) is 108 Å². The zero-order valence-electron chi connectivity index (χ0n) is 24.4. The molecule has 0 amide bonds. The lowest BCUT2D eigenvalue weighted by Crippen LogP contribution is -2.01. The minimum Gasteiger partial charge on any atom is -0.289 e. The maximum atomic E-state index is 12.6. The van der Waals surface area contributed by atoms with E-state index in [1.165, 1.54) is 62.7 Å². The Bertz CT molecular complexity index is 2110. The summed E-state index contributed by atoms with van der Waals surface area (Å²) in [7, 11) is 0. The zero-order chi connectivity index (χ0) is 31.5. The van der Waals surface area contributed by atoms with Crippen molar-refractivity contribution in [3.8, 4) is 0 Å². The van der Waals surface area contributed by atoms with Crippen LogP contribution < -0.4 is 10.9 Å². The van der Waals surface area contributed by atoms with Crippen LogP contribution in [0.15, 0.2) is 87.3 Å². The number of fused-ring (bicyclic) bond motifs is 4. The van der Waals surface area contributed by atoms with Gasteiger partial charge in [0.05, 0.1) is 24.5 Å². The Morgan fingerprint density at radius 1 is 0.600 bits per heavy atom. The van der Waals surface area contributed by atoms with Crippen LogP contribution in [-0.2, 0) is 0 Å². The van der Waals surface area contributed by atoms with Crippen molar-refractivity contribution in [2.45, 2.75) is 66.8 Å². The molecule has 2 aromatic heterocycles. The zero-order valence-corrected chi connectivity index (χ0v) is 30.0. The second-order valence-corrected chi connectivity index (χ2v) is 16.6. The van der Waals surface area contributed by atoms with E-state index in [0.717, 1.165) is 50.1 Å². The van der Waals surface area contributed by atoms with Gasteiger partial charge in [-0.05, 0) is 74.2 Å². The lowest BCUT2D eigenvalue weighted by atomic mass is 10.2. The maximum absolute atomic E-state index is 12.6. The van der Waals surface area contributed by atoms with Crippen LogP contribution in [0.1, 0.15) is 51.4 Å². The van der Waals surface area contributed by atoms with Crippen LogP contribution in [0.4, 0.5) is 0 Å². The van der Waals surface area contributed by atoms with E-state index >= 15 is 0 Å². The summed E-state index contributed by atoms with van der Waals surface area (Å²) in [5.74, 6) is 0. The number of hydrogen-bond acceptors (Lipinski definition) is 6. The standard InChI is InChI=1S/C18H15ClOS2.C13H6Cl2OS.C5H10S/c19-16-15(21-11-5-1-2-6-11)10-9-13-17(20)12-7-3-4-8-14(12)22-18(13)16;14-9-6-5-8-12(16)7-3-1-2-4-10(7)17-13(8)11(9)15;6-5-3-1-2-4-5/h3-4,7-11H,1-2,5-6H2;1-6H;5-6H,1-4H2. The Morgan fingerprint density at radius 2 is 1.09 bits per heavy atom. The van der Waals surface area contributed by atoms with Gasteiger partial charge in [-0.25, -0.2) is 0 Å². The van der Waals surface area contributed by atoms with Crippen LogP contribution in [0.5, 0.6) is 0 Å². The summed E-state index contributed by atoms with van der Waals surface area (Å²) in [6.45, 7) is 0. The molecule has 2 fully saturated rings. The van der Waals surface area contributed by atoms with Gasteiger partial charge in [-0.3, -0.25) is 9.59 Å². The maximum Gasteiger partial charge on any atom is 0.195 e. The Morgan fingerprint density at radius 3 is 1.62 bits per heavy atom. The molecule has 0 atom stereocenters. The molecule has 0 aliphatic heterocycles. The number of hydrogen-bond donors (Lipinski definition) is 1. The summed E-state index contributed by atoms with van der Waals surface area (Å²) in [6.07, 6.45) is 10.7. The van der Waals surface area contributed by atoms with Gasteiger partial charge in [-0.15, -0.1) is 34.4 Å². The molecule has 2 heterocycles. The van der Waals surface area contributed by atoms with Crippen LogP contribution in [0.3, 0.4) is 0 Å². The second-order valence-electron chi connectivity index (χ2n) is 11.3. The SMILES string of the molecule is O=c1c2ccccc2sc2c(Cl)c(Cl)ccc12.O=c1c2ccccc2sc2c(Cl)c(SC3CCCC3)ccc12.SC1CCCC1. The third-order valence-corrected chi connectivity index (χ3v) is 14.1. The van der Waals surface area contributed by atoms with Crippen molar-refractivity contribution in [3.63, 3.8) is 0 Å². The average Bonchev–Trinajstić information content (AvgIpc) is 3.76. The summed E-state index contributed by atoms with van der Waals surface area (Å²) in [6, 6.07) is 22.6. The minimum absolute atomic E-state index is 0.00733. The quantitative estimate of drug-likeness (QED) is 0.142. The molecule has 0 unspecified atom stereocenters. The van der Waals surface area contributed by atoms with Gasteiger partial charge < -0.3 is 0 Å².